The molecule has 0 atom stereocenters. The maximum atomic E-state index is 12.8. The van der Waals surface area contributed by atoms with E-state index in [9.17, 15) is 9.59 Å². The van der Waals surface area contributed by atoms with Crippen LogP contribution in [-0.2, 0) is 17.6 Å². The minimum absolute atomic E-state index is 0.133. The molecule has 3 heterocycles. The van der Waals surface area contributed by atoms with Gasteiger partial charge in [0.2, 0.25) is 5.91 Å². The summed E-state index contributed by atoms with van der Waals surface area (Å²) in [5, 5.41) is 7.98. The molecule has 0 bridgehead atoms. The second-order valence-corrected chi connectivity index (χ2v) is 8.58. The zero-order valence-corrected chi connectivity index (χ0v) is 16.8. The summed E-state index contributed by atoms with van der Waals surface area (Å²) in [7, 11) is 2.10. The Kier molecular flexibility index (Phi) is 5.46. The Hall–Kier alpha value is -1.91. The van der Waals surface area contributed by atoms with Crippen molar-refractivity contribution in [2.45, 2.75) is 24.3 Å². The molecule has 10 heteroatoms. The average Bonchev–Trinajstić information content (AvgIpc) is 3.33. The van der Waals surface area contributed by atoms with Crippen LogP contribution in [0.3, 0.4) is 0 Å². The molecule has 0 aromatic carbocycles. The van der Waals surface area contributed by atoms with Crippen LogP contribution in [0.1, 0.15) is 17.7 Å². The number of piperazine rings is 1. The number of nitrogens with zero attached hydrogens (tertiary/aromatic N) is 5. The van der Waals surface area contributed by atoms with Gasteiger partial charge in [0.1, 0.15) is 5.03 Å². The van der Waals surface area contributed by atoms with Crippen molar-refractivity contribution in [3.05, 3.63) is 33.3 Å². The summed E-state index contributed by atoms with van der Waals surface area (Å²) in [6.07, 6.45) is 4.47. The van der Waals surface area contributed by atoms with Crippen LogP contribution in [0.25, 0.3) is 0 Å². The van der Waals surface area contributed by atoms with E-state index >= 15 is 0 Å². The van der Waals surface area contributed by atoms with E-state index in [1.165, 1.54) is 23.1 Å². The van der Waals surface area contributed by atoms with E-state index < -0.39 is 0 Å². The van der Waals surface area contributed by atoms with Gasteiger partial charge in [-0.3, -0.25) is 4.79 Å². The van der Waals surface area contributed by atoms with Crippen LogP contribution in [0.2, 0.25) is 0 Å². The summed E-state index contributed by atoms with van der Waals surface area (Å²) in [6.45, 7) is 3.53. The highest BCUT2D eigenvalue weighted by molar-refractivity contribution is 8.00. The molecular formula is C17H22N6O2S2. The fraction of sp³-hybridized carbons (Fsp3) is 0.529. The van der Waals surface area contributed by atoms with Gasteiger partial charge in [-0.25, -0.2) is 14.5 Å². The summed E-state index contributed by atoms with van der Waals surface area (Å²) >= 11 is 2.72. The highest BCUT2D eigenvalue weighted by atomic mass is 32.2. The number of likely N-dealkylation sites (N-methyl/N-ethyl adjacent to an activating group) is 1. The molecule has 0 spiro atoms. The third kappa shape index (κ3) is 4.02. The van der Waals surface area contributed by atoms with Crippen molar-refractivity contribution >= 4 is 34.1 Å². The maximum absolute atomic E-state index is 12.8. The van der Waals surface area contributed by atoms with Crippen molar-refractivity contribution in [1.82, 2.24) is 19.5 Å². The highest BCUT2D eigenvalue weighted by Crippen LogP contribution is 2.29. The summed E-state index contributed by atoms with van der Waals surface area (Å²) < 4.78 is 1.79. The lowest BCUT2D eigenvalue weighted by Gasteiger charge is -2.35. The normalized spacial score (nSPS) is 17.1. The summed E-state index contributed by atoms with van der Waals surface area (Å²) in [6, 6.07) is 0. The first-order chi connectivity index (χ1) is 13.1. The topological polar surface area (TPSA) is 83.4 Å². The van der Waals surface area contributed by atoms with Gasteiger partial charge in [0, 0.05) is 43.3 Å². The van der Waals surface area contributed by atoms with E-state index in [4.69, 9.17) is 0 Å². The quantitative estimate of drug-likeness (QED) is 0.581. The molecule has 1 aliphatic carbocycles. The van der Waals surface area contributed by atoms with Crippen LogP contribution in [0.5, 0.6) is 0 Å². The number of hydrogen-bond acceptors (Lipinski definition) is 8. The Morgan fingerprint density at radius 1 is 1.30 bits per heavy atom. The number of anilines is 1. The maximum Gasteiger partial charge on any atom is 0.367 e. The number of fused-ring (bicyclic) bond motifs is 1. The molecule has 144 valence electrons. The first kappa shape index (κ1) is 18.5. The molecule has 1 fully saturated rings. The largest absolute Gasteiger partial charge is 0.367 e. The third-order valence-electron chi connectivity index (χ3n) is 4.86. The van der Waals surface area contributed by atoms with Crippen molar-refractivity contribution in [1.29, 1.82) is 0 Å². The van der Waals surface area contributed by atoms with Gasteiger partial charge >= 0.3 is 5.69 Å². The molecule has 0 radical (unpaired) electrons. The number of hydrogen-bond donors (Lipinski definition) is 1. The summed E-state index contributed by atoms with van der Waals surface area (Å²) in [5.41, 5.74) is 1.96. The Morgan fingerprint density at radius 2 is 2.11 bits per heavy atom. The molecule has 1 aliphatic heterocycles. The highest BCUT2D eigenvalue weighted by Gasteiger charge is 2.26. The predicted molar refractivity (Wildman–Crippen MR) is 107 cm³/mol. The molecule has 0 unspecified atom stereocenters. The number of thioether (sulfide) groups is 1. The third-order valence-corrected chi connectivity index (χ3v) is 6.57. The van der Waals surface area contributed by atoms with E-state index in [1.807, 2.05) is 5.38 Å². The van der Waals surface area contributed by atoms with E-state index in [2.05, 4.69) is 32.2 Å². The second-order valence-electron chi connectivity index (χ2n) is 6.72. The Labute approximate surface area is 165 Å². The number of thiazole rings is 1. The molecule has 4 rings (SSSR count). The Morgan fingerprint density at radius 3 is 2.85 bits per heavy atom. The molecular weight excluding hydrogens is 384 g/mol. The number of rotatable bonds is 5. The number of nitrogens with one attached hydrogen (secondary N) is 1. The monoisotopic (exact) mass is 406 g/mol. The first-order valence-corrected chi connectivity index (χ1v) is 10.9. The predicted octanol–water partition coefficient (Wildman–Crippen LogP) is 0.803. The number of carbonyl (C=O) groups is 1. The molecule has 1 saturated heterocycles. The van der Waals surface area contributed by atoms with Gasteiger partial charge in [0.25, 0.3) is 0 Å². The van der Waals surface area contributed by atoms with Crippen LogP contribution < -0.4 is 16.0 Å². The van der Waals surface area contributed by atoms with Gasteiger partial charge in [-0.05, 0) is 26.3 Å². The van der Waals surface area contributed by atoms with Crippen LogP contribution in [-0.4, -0.2) is 64.4 Å². The van der Waals surface area contributed by atoms with Crippen molar-refractivity contribution in [2.24, 2.45) is 0 Å². The lowest BCUT2D eigenvalue weighted by Crippen LogP contribution is -2.54. The summed E-state index contributed by atoms with van der Waals surface area (Å²) in [5.74, 6) is 0.0866. The Balaban J connectivity index is 1.51. The van der Waals surface area contributed by atoms with Crippen molar-refractivity contribution in [3.63, 3.8) is 0 Å². The van der Waals surface area contributed by atoms with Gasteiger partial charge in [-0.15, -0.1) is 11.3 Å². The number of amides is 1. The summed E-state index contributed by atoms with van der Waals surface area (Å²) in [4.78, 5) is 35.5. The van der Waals surface area contributed by atoms with Gasteiger partial charge in [-0.1, -0.05) is 11.8 Å². The molecule has 0 saturated carbocycles. The van der Waals surface area contributed by atoms with Crippen molar-refractivity contribution < 1.29 is 4.79 Å². The van der Waals surface area contributed by atoms with Gasteiger partial charge < -0.3 is 15.2 Å². The van der Waals surface area contributed by atoms with Crippen molar-refractivity contribution in [3.8, 4) is 0 Å². The van der Waals surface area contributed by atoms with Crippen LogP contribution in [0.4, 0.5) is 5.13 Å². The molecule has 2 aromatic heterocycles. The smallest absolute Gasteiger partial charge is 0.306 e. The minimum Gasteiger partial charge on any atom is -0.306 e. The second kappa shape index (κ2) is 7.99. The average molecular weight is 407 g/mol. The molecule has 8 nitrogen and oxygen atoms in total. The van der Waals surface area contributed by atoms with E-state index in [0.717, 1.165) is 56.7 Å². The molecule has 27 heavy (non-hydrogen) atoms. The van der Waals surface area contributed by atoms with Crippen LogP contribution in [0.15, 0.2) is 21.4 Å². The standard InChI is InChI=1S/C17H22N6O2S2/c1-21-6-8-22(9-7-21)23-13-4-2-3-12(13)15(20-17(23)25)27-11-14(24)19-16-18-5-10-26-16/h5,10H,2-4,6-9,11H2,1H3,(H,18,19,24). The van der Waals surface area contributed by atoms with Crippen molar-refractivity contribution in [2.75, 3.05) is 49.3 Å². The van der Waals surface area contributed by atoms with Crippen LogP contribution in [0, 0.1) is 0 Å². The molecule has 2 aromatic rings. The van der Waals surface area contributed by atoms with E-state index in [1.54, 1.807) is 10.9 Å². The zero-order chi connectivity index (χ0) is 18.8. The van der Waals surface area contributed by atoms with E-state index in [0.29, 0.717) is 10.2 Å². The molecule has 1 amide bonds. The molecule has 1 N–H and O–H groups in total. The molecule has 2 aliphatic rings. The first-order valence-electron chi connectivity index (χ1n) is 9.02. The SMILES string of the molecule is CN1CCN(n2c3c(c(SCC(=O)Nc4nccs4)nc2=O)CCC3)CC1. The minimum atomic E-state index is -0.233. The lowest BCUT2D eigenvalue weighted by molar-refractivity contribution is -0.113. The number of carbonyl (C=O) groups excluding carboxylic acids is 1. The Bertz CT molecular complexity index is 874. The zero-order valence-electron chi connectivity index (χ0n) is 15.2. The lowest BCUT2D eigenvalue weighted by atomic mass is 10.3. The fourth-order valence-electron chi connectivity index (χ4n) is 3.49. The van der Waals surface area contributed by atoms with Crippen LogP contribution >= 0.6 is 23.1 Å². The van der Waals surface area contributed by atoms with E-state index in [-0.39, 0.29) is 17.3 Å². The van der Waals surface area contributed by atoms with Gasteiger partial charge in [-0.2, -0.15) is 4.98 Å². The fourth-order valence-corrected chi connectivity index (χ4v) is 4.91. The van der Waals surface area contributed by atoms with Gasteiger partial charge in [0.05, 0.1) is 11.4 Å². The number of aromatic nitrogens is 3. The van der Waals surface area contributed by atoms with Gasteiger partial charge in [0.15, 0.2) is 5.13 Å².